The first-order valence-electron chi connectivity index (χ1n) is 26.8. The SMILES string of the molecule is CC(C)(C)[S@@](N)=O.CN1CCC(Cl)CC1.Cc1ccc(C(N)C2CCN(C)CC2)nc1.Cc1ccc(C(N[S@@](=O)C(C)(C)C)C2CCN(C)CC2)nc1.Cc1ccc(C=N[S@@](=O)C(C)(C)C)nc1.Cc1ccc(C=O)nc1. The number of rotatable bonds is 9. The number of nitrogens with two attached hydrogens (primary N) is 2. The summed E-state index contributed by atoms with van der Waals surface area (Å²) in [5.74, 6) is 1.07. The van der Waals surface area contributed by atoms with Gasteiger partial charge in [0.15, 0.2) is 6.29 Å². The highest BCUT2D eigenvalue weighted by atomic mass is 35.5. The molecule has 3 fully saturated rings. The molecular formula is C58H96ClN11O4S3. The Bertz CT molecular complexity index is 2360. The van der Waals surface area contributed by atoms with Crippen molar-refractivity contribution >= 4 is 57.1 Å². The predicted molar refractivity (Wildman–Crippen MR) is 326 cm³/mol. The van der Waals surface area contributed by atoms with E-state index >= 15 is 0 Å². The highest BCUT2D eigenvalue weighted by Crippen LogP contribution is 2.31. The van der Waals surface area contributed by atoms with Crippen LogP contribution in [-0.4, -0.2) is 140 Å². The smallest absolute Gasteiger partial charge is 0.168 e. The number of piperidine rings is 3. The van der Waals surface area contributed by atoms with Crippen molar-refractivity contribution in [3.05, 3.63) is 118 Å². The van der Waals surface area contributed by atoms with Crippen molar-refractivity contribution in [2.45, 2.75) is 160 Å². The Morgan fingerprint density at radius 2 is 0.961 bits per heavy atom. The Balaban J connectivity index is 0.000000331. The molecule has 3 aliphatic rings. The van der Waals surface area contributed by atoms with Crippen LogP contribution in [0.25, 0.3) is 0 Å². The van der Waals surface area contributed by atoms with Crippen LogP contribution in [0.2, 0.25) is 0 Å². The predicted octanol–water partition coefficient (Wildman–Crippen LogP) is 9.76. The lowest BCUT2D eigenvalue weighted by Crippen LogP contribution is -2.42. The first-order valence-corrected chi connectivity index (χ1v) is 30.7. The van der Waals surface area contributed by atoms with Crippen molar-refractivity contribution in [3.8, 4) is 0 Å². The number of carbonyl (C=O) groups excluding carboxylic acids is 1. The molecule has 7 heterocycles. The fourth-order valence-electron chi connectivity index (χ4n) is 7.36. The van der Waals surface area contributed by atoms with Crippen LogP contribution < -0.4 is 15.6 Å². The maximum atomic E-state index is 12.6. The monoisotopic (exact) mass is 1140 g/mol. The normalized spacial score (nSPS) is 18.4. The van der Waals surface area contributed by atoms with Gasteiger partial charge in [0.05, 0.1) is 65.6 Å². The second-order valence-corrected chi connectivity index (χ2v) is 29.8. The number of pyridine rings is 4. The third-order valence-corrected chi connectivity index (χ3v) is 17.4. The fourth-order valence-corrected chi connectivity index (χ4v) is 8.98. The van der Waals surface area contributed by atoms with E-state index in [-0.39, 0.29) is 26.3 Å². The number of likely N-dealkylation sites (tertiary alicyclic amines) is 3. The van der Waals surface area contributed by atoms with E-state index in [1.165, 1.54) is 31.5 Å². The van der Waals surface area contributed by atoms with Crippen LogP contribution in [-0.2, 0) is 33.0 Å². The summed E-state index contributed by atoms with van der Waals surface area (Å²) < 4.78 is 41.0. The number of carbonyl (C=O) groups is 1. The highest BCUT2D eigenvalue weighted by Gasteiger charge is 2.32. The molecule has 0 amide bonds. The second-order valence-electron chi connectivity index (χ2n) is 23.4. The molecule has 4 aromatic heterocycles. The Labute approximate surface area is 477 Å². The number of nitrogens with one attached hydrogen (secondary N) is 1. The van der Waals surface area contributed by atoms with Gasteiger partial charge in [-0.3, -0.25) is 29.9 Å². The topological polar surface area (TPSA) is 206 Å². The summed E-state index contributed by atoms with van der Waals surface area (Å²) in [6, 6.07) is 15.9. The molecule has 19 heteroatoms. The first-order chi connectivity index (χ1) is 35.9. The molecule has 4 aromatic rings. The first kappa shape index (κ1) is 69.5. The number of alkyl halides is 1. The maximum Gasteiger partial charge on any atom is 0.168 e. The van der Waals surface area contributed by atoms with Gasteiger partial charge in [-0.05, 0) is 247 Å². The molecule has 5 N–H and O–H groups in total. The lowest BCUT2D eigenvalue weighted by molar-refractivity contribution is 0.111. The number of aldehydes is 1. The number of hydrogen-bond donors (Lipinski definition) is 3. The van der Waals surface area contributed by atoms with Gasteiger partial charge in [0.25, 0.3) is 0 Å². The van der Waals surface area contributed by atoms with Gasteiger partial charge in [0.1, 0.15) is 16.7 Å². The highest BCUT2D eigenvalue weighted by molar-refractivity contribution is 7.85. The summed E-state index contributed by atoms with van der Waals surface area (Å²) >= 11 is 5.86. The molecule has 15 nitrogen and oxygen atoms in total. The van der Waals surface area contributed by atoms with Crippen molar-refractivity contribution in [3.63, 3.8) is 0 Å². The van der Waals surface area contributed by atoms with Gasteiger partial charge in [0, 0.05) is 36.2 Å². The Morgan fingerprint density at radius 3 is 1.30 bits per heavy atom. The number of halogens is 1. The third kappa shape index (κ3) is 28.9. The molecule has 0 bridgehead atoms. The van der Waals surface area contributed by atoms with Crippen LogP contribution in [0.1, 0.15) is 163 Å². The van der Waals surface area contributed by atoms with Crippen LogP contribution in [0.4, 0.5) is 0 Å². The van der Waals surface area contributed by atoms with E-state index in [1.54, 1.807) is 24.7 Å². The molecule has 0 spiro atoms. The van der Waals surface area contributed by atoms with Crippen molar-refractivity contribution < 1.29 is 17.4 Å². The largest absolute Gasteiger partial charge is 0.322 e. The fraction of sp³-hybridized carbons (Fsp3) is 0.621. The van der Waals surface area contributed by atoms with Crippen LogP contribution in [0.3, 0.4) is 0 Å². The molecule has 5 atom stereocenters. The van der Waals surface area contributed by atoms with E-state index < -0.39 is 33.0 Å². The Morgan fingerprint density at radius 1 is 0.584 bits per heavy atom. The van der Waals surface area contributed by atoms with E-state index in [1.807, 2.05) is 114 Å². The molecule has 3 saturated heterocycles. The minimum absolute atomic E-state index is 0.0642. The zero-order valence-corrected chi connectivity index (χ0v) is 52.6. The van der Waals surface area contributed by atoms with Crippen LogP contribution in [0.15, 0.2) is 77.7 Å². The van der Waals surface area contributed by atoms with Gasteiger partial charge < -0.3 is 20.4 Å². The molecule has 0 aromatic carbocycles. The second kappa shape index (κ2) is 34.6. The molecule has 432 valence electrons. The maximum absolute atomic E-state index is 12.6. The summed E-state index contributed by atoms with van der Waals surface area (Å²) in [4.78, 5) is 34.1. The minimum Gasteiger partial charge on any atom is -0.322 e. The van der Waals surface area contributed by atoms with Crippen LogP contribution in [0, 0.1) is 39.5 Å². The van der Waals surface area contributed by atoms with Crippen LogP contribution >= 0.6 is 11.6 Å². The van der Waals surface area contributed by atoms with Gasteiger partial charge in [-0.25, -0.2) is 17.3 Å². The molecule has 2 unspecified atom stereocenters. The molecular weight excluding hydrogens is 1050 g/mol. The molecule has 7 rings (SSSR count). The minimum atomic E-state index is -1.21. The zero-order chi connectivity index (χ0) is 58.1. The zero-order valence-electron chi connectivity index (χ0n) is 49.4. The lowest BCUT2D eigenvalue weighted by Gasteiger charge is -2.35. The van der Waals surface area contributed by atoms with Crippen molar-refractivity contribution in [2.75, 3.05) is 60.4 Å². The molecule has 0 aliphatic carbocycles. The summed E-state index contributed by atoms with van der Waals surface area (Å²) in [6.45, 7) is 32.1. The Hall–Kier alpha value is -3.56. The summed E-state index contributed by atoms with van der Waals surface area (Å²) in [5, 5.41) is 5.49. The average molecular weight is 1140 g/mol. The van der Waals surface area contributed by atoms with Gasteiger partial charge in [-0.15, -0.1) is 11.6 Å². The summed E-state index contributed by atoms with van der Waals surface area (Å²) in [5.41, 5.74) is 14.1. The van der Waals surface area contributed by atoms with Gasteiger partial charge in [0.2, 0.25) is 0 Å². The molecule has 77 heavy (non-hydrogen) atoms. The third-order valence-electron chi connectivity index (χ3n) is 12.9. The van der Waals surface area contributed by atoms with Crippen LogP contribution in [0.5, 0.6) is 0 Å². The number of aryl methyl sites for hydroxylation is 4. The van der Waals surface area contributed by atoms with Gasteiger partial charge >= 0.3 is 0 Å². The number of aromatic nitrogens is 4. The van der Waals surface area contributed by atoms with E-state index in [2.05, 4.69) is 96.1 Å². The number of nitrogens with zero attached hydrogens (tertiary/aromatic N) is 8. The lowest BCUT2D eigenvalue weighted by atomic mass is 9.88. The van der Waals surface area contributed by atoms with Gasteiger partial charge in [-0.1, -0.05) is 24.3 Å². The van der Waals surface area contributed by atoms with E-state index in [9.17, 15) is 17.4 Å². The summed E-state index contributed by atoms with van der Waals surface area (Å²) in [6.07, 6.45) is 16.5. The quantitative estimate of drug-likeness (QED) is 0.0814. The van der Waals surface area contributed by atoms with E-state index in [4.69, 9.17) is 22.5 Å². The summed E-state index contributed by atoms with van der Waals surface area (Å²) in [7, 11) is 2.99. The number of hydrogen-bond acceptors (Lipinski definition) is 12. The van der Waals surface area contributed by atoms with Crippen molar-refractivity contribution in [1.29, 1.82) is 0 Å². The molecule has 3 aliphatic heterocycles. The Kier molecular flexibility index (Phi) is 31.2. The van der Waals surface area contributed by atoms with Crippen molar-refractivity contribution in [1.82, 2.24) is 39.4 Å². The standard InChI is InChI=1S/C17H29N3OS.C13H21N3.C11H16N2OS.C7H7NO.C6H12ClN.C4H11NOS/c1-13-6-7-15(18-12-13)16(19-22(21)17(2,3)4)14-8-10-20(5)11-9-14;1-10-3-4-12(15-9-10)13(14)11-5-7-16(2)8-6-11;1-9-5-6-10(12-7-9)8-13-15(14)11(2,3)4;1-6-2-3-7(5-9)8-4-6;1-8-4-2-6(7)3-5-8;1-4(2,3)7(5)6/h6-7,12,14,16,19H,8-11H2,1-5H3;3-4,9,11,13H,5-8,14H2,1-2H3;5-8H,1-4H3;2-5H,1H3;6H,2-5H2,1H3;5H2,1-3H3/t16?,22-;;15-;;;7-/m0.0..0/s1. The molecule has 0 radical (unpaired) electrons. The van der Waals surface area contributed by atoms with Crippen molar-refractivity contribution in [2.24, 2.45) is 27.1 Å². The molecule has 0 saturated carbocycles. The van der Waals surface area contributed by atoms with Gasteiger partial charge in [-0.2, -0.15) is 4.40 Å². The average Bonchev–Trinajstić information content (AvgIpc) is 3.37. The van der Waals surface area contributed by atoms with E-state index in [0.29, 0.717) is 22.9 Å². The van der Waals surface area contributed by atoms with E-state index in [0.717, 1.165) is 91.9 Å².